The summed E-state index contributed by atoms with van der Waals surface area (Å²) in [4.78, 5) is 12.9. The predicted molar refractivity (Wildman–Crippen MR) is 73.4 cm³/mol. The first kappa shape index (κ1) is 15.6. The second-order valence-electron chi connectivity index (χ2n) is 4.47. The van der Waals surface area contributed by atoms with Crippen LogP contribution in [0.4, 0.5) is 0 Å². The average molecular weight is 266 g/mol. The summed E-state index contributed by atoms with van der Waals surface area (Å²) in [5.41, 5.74) is 6.37. The van der Waals surface area contributed by atoms with Crippen molar-refractivity contribution in [1.82, 2.24) is 4.90 Å². The molecular formula is C14H22N2O3. The molecular weight excluding hydrogens is 244 g/mol. The fourth-order valence-electron chi connectivity index (χ4n) is 1.67. The minimum Gasteiger partial charge on any atom is -0.389 e. The van der Waals surface area contributed by atoms with Crippen molar-refractivity contribution in [2.75, 3.05) is 26.7 Å². The molecule has 0 aliphatic heterocycles. The topological polar surface area (TPSA) is 75.8 Å². The summed E-state index contributed by atoms with van der Waals surface area (Å²) in [6.45, 7) is 1.24. The van der Waals surface area contributed by atoms with Crippen LogP contribution in [-0.2, 0) is 16.1 Å². The molecule has 0 aliphatic rings. The predicted octanol–water partition coefficient (Wildman–Crippen LogP) is 0.371. The molecule has 0 saturated heterocycles. The molecule has 19 heavy (non-hydrogen) atoms. The monoisotopic (exact) mass is 266 g/mol. The third-order valence-corrected chi connectivity index (χ3v) is 2.69. The number of nitrogens with two attached hydrogens (primary N) is 1. The summed E-state index contributed by atoms with van der Waals surface area (Å²) >= 11 is 0. The van der Waals surface area contributed by atoms with E-state index in [-0.39, 0.29) is 19.1 Å². The Hall–Kier alpha value is -1.43. The number of aliphatic hydroxyl groups is 1. The number of hydrogen-bond acceptors (Lipinski definition) is 4. The zero-order valence-electron chi connectivity index (χ0n) is 11.3. The van der Waals surface area contributed by atoms with Gasteiger partial charge in [-0.05, 0) is 5.56 Å². The van der Waals surface area contributed by atoms with Crippen molar-refractivity contribution in [1.29, 1.82) is 0 Å². The van der Waals surface area contributed by atoms with E-state index in [2.05, 4.69) is 0 Å². The van der Waals surface area contributed by atoms with Crippen molar-refractivity contribution in [3.8, 4) is 0 Å². The number of carbonyl (C=O) groups is 1. The lowest BCUT2D eigenvalue weighted by atomic mass is 10.2. The smallest absolute Gasteiger partial charge is 0.223 e. The van der Waals surface area contributed by atoms with Crippen LogP contribution in [0.25, 0.3) is 0 Å². The molecule has 1 aromatic rings. The van der Waals surface area contributed by atoms with Gasteiger partial charge in [0.15, 0.2) is 0 Å². The summed E-state index contributed by atoms with van der Waals surface area (Å²) < 4.78 is 5.41. The fourth-order valence-corrected chi connectivity index (χ4v) is 1.67. The molecule has 0 aromatic heterocycles. The highest BCUT2D eigenvalue weighted by Crippen LogP contribution is 2.01. The van der Waals surface area contributed by atoms with E-state index in [0.29, 0.717) is 19.6 Å². The number of rotatable bonds is 8. The molecule has 106 valence electrons. The highest BCUT2D eigenvalue weighted by atomic mass is 16.5. The van der Waals surface area contributed by atoms with Gasteiger partial charge in [-0.3, -0.25) is 4.79 Å². The summed E-state index contributed by atoms with van der Waals surface area (Å²) in [5, 5.41) is 9.76. The third kappa shape index (κ3) is 6.33. The van der Waals surface area contributed by atoms with Crippen LogP contribution in [-0.4, -0.2) is 48.8 Å². The number of carbonyl (C=O) groups excluding carboxylic acids is 1. The van der Waals surface area contributed by atoms with E-state index in [9.17, 15) is 9.90 Å². The maximum atomic E-state index is 11.5. The van der Waals surface area contributed by atoms with Gasteiger partial charge in [0.2, 0.25) is 5.91 Å². The molecule has 0 radical (unpaired) electrons. The number of hydrogen-bond donors (Lipinski definition) is 2. The molecule has 1 rings (SSSR count). The van der Waals surface area contributed by atoms with Crippen LogP contribution >= 0.6 is 0 Å². The Bertz CT molecular complexity index is 370. The molecule has 5 nitrogen and oxygen atoms in total. The fraction of sp³-hybridized carbons (Fsp3) is 0.500. The lowest BCUT2D eigenvalue weighted by Gasteiger charge is -2.20. The van der Waals surface area contributed by atoms with Crippen molar-refractivity contribution >= 4 is 5.91 Å². The van der Waals surface area contributed by atoms with Crippen molar-refractivity contribution in [3.05, 3.63) is 35.9 Å². The maximum absolute atomic E-state index is 11.5. The molecule has 1 atom stereocenters. The largest absolute Gasteiger partial charge is 0.389 e. The Kier molecular flexibility index (Phi) is 7.10. The first-order chi connectivity index (χ1) is 9.13. The van der Waals surface area contributed by atoms with Crippen molar-refractivity contribution < 1.29 is 14.6 Å². The highest BCUT2D eigenvalue weighted by molar-refractivity contribution is 5.76. The van der Waals surface area contributed by atoms with Crippen LogP contribution < -0.4 is 5.73 Å². The van der Waals surface area contributed by atoms with E-state index in [1.54, 1.807) is 7.05 Å². The average Bonchev–Trinajstić information content (AvgIpc) is 2.40. The van der Waals surface area contributed by atoms with Gasteiger partial charge in [0.25, 0.3) is 0 Å². The zero-order chi connectivity index (χ0) is 14.1. The van der Waals surface area contributed by atoms with Crippen molar-refractivity contribution in [2.24, 2.45) is 5.73 Å². The molecule has 0 spiro atoms. The van der Waals surface area contributed by atoms with Gasteiger partial charge in [0.1, 0.15) is 0 Å². The molecule has 0 fully saturated rings. The quantitative estimate of drug-likeness (QED) is 0.713. The number of benzene rings is 1. The van der Waals surface area contributed by atoms with Gasteiger partial charge in [0, 0.05) is 26.6 Å². The Labute approximate surface area is 114 Å². The van der Waals surface area contributed by atoms with Crippen LogP contribution in [0, 0.1) is 0 Å². The summed E-state index contributed by atoms with van der Waals surface area (Å²) in [6.07, 6.45) is -0.385. The van der Waals surface area contributed by atoms with Crippen LogP contribution in [0.2, 0.25) is 0 Å². The number of likely N-dealkylation sites (N-methyl/N-ethyl adjacent to an activating group) is 1. The maximum Gasteiger partial charge on any atom is 0.223 e. The molecule has 1 unspecified atom stereocenters. The molecule has 0 aliphatic carbocycles. The van der Waals surface area contributed by atoms with E-state index in [1.807, 2.05) is 30.3 Å². The number of aliphatic hydroxyl groups excluding tert-OH is 1. The van der Waals surface area contributed by atoms with Gasteiger partial charge >= 0.3 is 0 Å². The Balaban J connectivity index is 2.20. The van der Waals surface area contributed by atoms with Crippen LogP contribution in [0.15, 0.2) is 30.3 Å². The Morgan fingerprint density at radius 2 is 2.11 bits per heavy atom. The first-order valence-corrected chi connectivity index (χ1v) is 6.37. The van der Waals surface area contributed by atoms with Gasteiger partial charge in [-0.25, -0.2) is 0 Å². The lowest BCUT2D eigenvalue weighted by molar-refractivity contribution is -0.131. The SMILES string of the molecule is CN(CC(O)COCc1ccccc1)C(=O)CCN. The normalized spacial score (nSPS) is 12.2. The second-order valence-corrected chi connectivity index (χ2v) is 4.47. The van der Waals surface area contributed by atoms with Gasteiger partial charge < -0.3 is 20.5 Å². The first-order valence-electron chi connectivity index (χ1n) is 6.37. The molecule has 1 aromatic carbocycles. The van der Waals surface area contributed by atoms with Crippen LogP contribution in [0.1, 0.15) is 12.0 Å². The van der Waals surface area contributed by atoms with Gasteiger partial charge in [-0.1, -0.05) is 30.3 Å². The number of ether oxygens (including phenoxy) is 1. The summed E-state index contributed by atoms with van der Waals surface area (Å²) in [7, 11) is 1.65. The minimum absolute atomic E-state index is 0.0652. The number of nitrogens with zero attached hydrogens (tertiary/aromatic N) is 1. The minimum atomic E-state index is -0.685. The lowest BCUT2D eigenvalue weighted by Crippen LogP contribution is -2.37. The molecule has 3 N–H and O–H groups in total. The van der Waals surface area contributed by atoms with E-state index >= 15 is 0 Å². The second kappa shape index (κ2) is 8.63. The van der Waals surface area contributed by atoms with E-state index in [4.69, 9.17) is 10.5 Å². The van der Waals surface area contributed by atoms with Gasteiger partial charge in [0.05, 0.1) is 19.3 Å². The summed E-state index contributed by atoms with van der Waals surface area (Å²) in [5.74, 6) is -0.0652. The van der Waals surface area contributed by atoms with Crippen molar-refractivity contribution in [3.63, 3.8) is 0 Å². The third-order valence-electron chi connectivity index (χ3n) is 2.69. The Morgan fingerprint density at radius 1 is 1.42 bits per heavy atom. The zero-order valence-corrected chi connectivity index (χ0v) is 11.3. The molecule has 1 amide bonds. The molecule has 5 heteroatoms. The van der Waals surface area contributed by atoms with Crippen LogP contribution in [0.5, 0.6) is 0 Å². The molecule has 0 saturated carbocycles. The van der Waals surface area contributed by atoms with Gasteiger partial charge in [-0.2, -0.15) is 0 Å². The van der Waals surface area contributed by atoms with E-state index in [0.717, 1.165) is 5.56 Å². The van der Waals surface area contributed by atoms with Gasteiger partial charge in [-0.15, -0.1) is 0 Å². The van der Waals surface area contributed by atoms with Crippen LogP contribution in [0.3, 0.4) is 0 Å². The molecule has 0 heterocycles. The van der Waals surface area contributed by atoms with E-state index in [1.165, 1.54) is 4.90 Å². The standard InChI is InChI=1S/C14H22N2O3/c1-16(14(18)7-8-15)9-13(17)11-19-10-12-5-3-2-4-6-12/h2-6,13,17H,7-11,15H2,1H3. The van der Waals surface area contributed by atoms with E-state index < -0.39 is 6.10 Å². The summed E-state index contributed by atoms with van der Waals surface area (Å²) in [6, 6.07) is 9.74. The van der Waals surface area contributed by atoms with Crippen molar-refractivity contribution in [2.45, 2.75) is 19.1 Å². The Morgan fingerprint density at radius 3 is 2.74 bits per heavy atom. The number of amides is 1. The highest BCUT2D eigenvalue weighted by Gasteiger charge is 2.13. The molecule has 0 bridgehead atoms.